The molecule has 2 saturated heterocycles. The van der Waals surface area contributed by atoms with Gasteiger partial charge in [0.2, 0.25) is 11.8 Å². The van der Waals surface area contributed by atoms with Crippen LogP contribution in [-0.2, 0) is 9.59 Å². The second-order valence-electron chi connectivity index (χ2n) is 6.36. The van der Waals surface area contributed by atoms with E-state index >= 15 is 0 Å². The molecule has 6 heteroatoms. The van der Waals surface area contributed by atoms with Crippen molar-refractivity contribution in [2.75, 3.05) is 13.1 Å². The number of carbonyl (C=O) groups is 3. The van der Waals surface area contributed by atoms with Crippen molar-refractivity contribution >= 4 is 23.8 Å². The molecule has 3 rings (SSSR count). The number of allylic oxidation sites excluding steroid dienone is 2. The van der Waals surface area contributed by atoms with Gasteiger partial charge in [-0.3, -0.25) is 19.7 Å². The fourth-order valence-corrected chi connectivity index (χ4v) is 3.37. The zero-order valence-electron chi connectivity index (χ0n) is 13.6. The fraction of sp³-hybridized carbons (Fsp3) is 0.389. The van der Waals surface area contributed by atoms with Gasteiger partial charge in [-0.2, -0.15) is 0 Å². The molecule has 0 bridgehead atoms. The lowest BCUT2D eigenvalue weighted by molar-refractivity contribution is -0.130. The van der Waals surface area contributed by atoms with Crippen LogP contribution in [0.2, 0.25) is 0 Å². The fourth-order valence-electron chi connectivity index (χ4n) is 3.37. The maximum Gasteiger partial charge on any atom is 0.257 e. The summed E-state index contributed by atoms with van der Waals surface area (Å²) < 4.78 is 5.44. The van der Waals surface area contributed by atoms with E-state index < -0.39 is 5.41 Å². The molecular weight excluding hydrogens is 308 g/mol. The SMILES string of the molecule is C=C/C=C\c1occ(C(=O)N2CCC3(CC2)CC(=O)NC3=O)c1C. The molecule has 24 heavy (non-hydrogen) atoms. The van der Waals surface area contributed by atoms with Crippen LogP contribution in [0, 0.1) is 12.3 Å². The Kier molecular flexibility index (Phi) is 4.13. The van der Waals surface area contributed by atoms with E-state index in [0.717, 1.165) is 5.56 Å². The van der Waals surface area contributed by atoms with Crippen molar-refractivity contribution in [3.8, 4) is 0 Å². The summed E-state index contributed by atoms with van der Waals surface area (Å²) in [6.07, 6.45) is 7.87. The Balaban J connectivity index is 1.71. The van der Waals surface area contributed by atoms with Crippen LogP contribution in [0.25, 0.3) is 6.08 Å². The first-order chi connectivity index (χ1) is 11.5. The van der Waals surface area contributed by atoms with Crippen molar-refractivity contribution in [3.63, 3.8) is 0 Å². The number of imide groups is 1. The van der Waals surface area contributed by atoms with Gasteiger partial charge in [-0.15, -0.1) is 0 Å². The number of hydrogen-bond acceptors (Lipinski definition) is 4. The van der Waals surface area contributed by atoms with Crippen LogP contribution in [0.4, 0.5) is 0 Å². The first kappa shape index (κ1) is 16.2. The van der Waals surface area contributed by atoms with Crippen LogP contribution in [0.1, 0.15) is 40.9 Å². The molecular formula is C18H20N2O4. The van der Waals surface area contributed by atoms with Crippen molar-refractivity contribution in [1.82, 2.24) is 10.2 Å². The van der Waals surface area contributed by atoms with Gasteiger partial charge in [0, 0.05) is 25.1 Å². The summed E-state index contributed by atoms with van der Waals surface area (Å²) in [6.45, 7) is 6.37. The Morgan fingerprint density at radius 2 is 2.08 bits per heavy atom. The minimum Gasteiger partial charge on any atom is -0.464 e. The topological polar surface area (TPSA) is 79.6 Å². The predicted molar refractivity (Wildman–Crippen MR) is 88.0 cm³/mol. The Labute approximate surface area is 140 Å². The highest BCUT2D eigenvalue weighted by molar-refractivity contribution is 6.06. The highest BCUT2D eigenvalue weighted by Crippen LogP contribution is 2.39. The van der Waals surface area contributed by atoms with Crippen LogP contribution in [0.3, 0.4) is 0 Å². The molecule has 1 aromatic heterocycles. The van der Waals surface area contributed by atoms with Crippen molar-refractivity contribution in [2.24, 2.45) is 5.41 Å². The van der Waals surface area contributed by atoms with Gasteiger partial charge >= 0.3 is 0 Å². The average molecular weight is 328 g/mol. The molecule has 0 aromatic carbocycles. The standard InChI is InChI=1S/C18H20N2O4/c1-3-4-5-14-12(2)13(11-24-14)16(22)20-8-6-18(7-9-20)10-15(21)19-17(18)23/h3-5,11H,1,6-10H2,2H3,(H,19,21,23)/b5-4-. The van der Waals surface area contributed by atoms with Gasteiger partial charge in [0.05, 0.1) is 11.0 Å². The van der Waals surface area contributed by atoms with Gasteiger partial charge in [0.25, 0.3) is 5.91 Å². The number of hydrogen-bond donors (Lipinski definition) is 1. The summed E-state index contributed by atoms with van der Waals surface area (Å²) in [7, 11) is 0. The van der Waals surface area contributed by atoms with Crippen LogP contribution in [-0.4, -0.2) is 35.7 Å². The van der Waals surface area contributed by atoms with Crippen molar-refractivity contribution in [1.29, 1.82) is 0 Å². The lowest BCUT2D eigenvalue weighted by atomic mass is 9.77. The van der Waals surface area contributed by atoms with Crippen LogP contribution in [0.15, 0.2) is 29.4 Å². The number of rotatable bonds is 3. The van der Waals surface area contributed by atoms with E-state index in [1.54, 1.807) is 23.1 Å². The smallest absolute Gasteiger partial charge is 0.257 e. The zero-order valence-corrected chi connectivity index (χ0v) is 13.6. The number of carbonyl (C=O) groups excluding carboxylic acids is 3. The minimum absolute atomic E-state index is 0.103. The van der Waals surface area contributed by atoms with Crippen molar-refractivity contribution < 1.29 is 18.8 Å². The molecule has 0 atom stereocenters. The van der Waals surface area contributed by atoms with Crippen molar-refractivity contribution in [2.45, 2.75) is 26.2 Å². The van der Waals surface area contributed by atoms with Crippen molar-refractivity contribution in [3.05, 3.63) is 41.9 Å². The van der Waals surface area contributed by atoms with E-state index in [1.165, 1.54) is 6.26 Å². The molecule has 6 nitrogen and oxygen atoms in total. The molecule has 126 valence electrons. The Morgan fingerprint density at radius 1 is 1.38 bits per heavy atom. The van der Waals surface area contributed by atoms with E-state index in [-0.39, 0.29) is 24.1 Å². The molecule has 1 aromatic rings. The predicted octanol–water partition coefficient (Wildman–Crippen LogP) is 2.06. The summed E-state index contributed by atoms with van der Waals surface area (Å²) in [5.74, 6) is 0.113. The first-order valence-corrected chi connectivity index (χ1v) is 7.97. The number of amides is 3. The maximum absolute atomic E-state index is 12.7. The van der Waals surface area contributed by atoms with Crippen LogP contribution < -0.4 is 5.32 Å². The first-order valence-electron chi connectivity index (χ1n) is 7.97. The van der Waals surface area contributed by atoms with Gasteiger partial charge in [-0.05, 0) is 25.8 Å². The monoisotopic (exact) mass is 328 g/mol. The summed E-state index contributed by atoms with van der Waals surface area (Å²) >= 11 is 0. The lowest BCUT2D eigenvalue weighted by Gasteiger charge is -2.36. The molecule has 1 N–H and O–H groups in total. The summed E-state index contributed by atoms with van der Waals surface area (Å²) in [5, 5.41) is 2.37. The lowest BCUT2D eigenvalue weighted by Crippen LogP contribution is -2.46. The van der Waals surface area contributed by atoms with Crippen LogP contribution in [0.5, 0.6) is 0 Å². The minimum atomic E-state index is -0.628. The molecule has 2 aliphatic heterocycles. The zero-order chi connectivity index (χ0) is 17.3. The van der Waals surface area contributed by atoms with E-state index in [0.29, 0.717) is 37.3 Å². The molecule has 2 aliphatic rings. The normalized spacial score (nSPS) is 20.0. The highest BCUT2D eigenvalue weighted by atomic mass is 16.3. The Hall–Kier alpha value is -2.63. The molecule has 3 amide bonds. The third-order valence-corrected chi connectivity index (χ3v) is 4.93. The number of piperidine rings is 1. The van der Waals surface area contributed by atoms with Gasteiger partial charge < -0.3 is 9.32 Å². The molecule has 0 aliphatic carbocycles. The van der Waals surface area contributed by atoms with E-state index in [9.17, 15) is 14.4 Å². The summed E-state index contributed by atoms with van der Waals surface area (Å²) in [5.41, 5.74) is 0.686. The number of nitrogens with one attached hydrogen (secondary N) is 1. The molecule has 0 saturated carbocycles. The quantitative estimate of drug-likeness (QED) is 0.680. The van der Waals surface area contributed by atoms with Gasteiger partial charge in [-0.25, -0.2) is 0 Å². The van der Waals surface area contributed by atoms with E-state index in [1.807, 2.05) is 6.92 Å². The number of likely N-dealkylation sites (tertiary alicyclic amines) is 1. The average Bonchev–Trinajstić information content (AvgIpc) is 3.05. The third-order valence-electron chi connectivity index (χ3n) is 4.93. The molecule has 0 radical (unpaired) electrons. The molecule has 3 heterocycles. The highest BCUT2D eigenvalue weighted by Gasteiger charge is 2.48. The molecule has 2 fully saturated rings. The Bertz CT molecular complexity index is 736. The Morgan fingerprint density at radius 3 is 2.67 bits per heavy atom. The largest absolute Gasteiger partial charge is 0.464 e. The third kappa shape index (κ3) is 2.68. The van der Waals surface area contributed by atoms with E-state index in [2.05, 4.69) is 11.9 Å². The van der Waals surface area contributed by atoms with Gasteiger partial charge in [0.15, 0.2) is 0 Å². The molecule has 1 spiro atoms. The second kappa shape index (κ2) is 6.11. The van der Waals surface area contributed by atoms with Crippen LogP contribution >= 0.6 is 0 Å². The maximum atomic E-state index is 12.7. The molecule has 0 unspecified atom stereocenters. The van der Waals surface area contributed by atoms with Gasteiger partial charge in [-0.1, -0.05) is 18.7 Å². The van der Waals surface area contributed by atoms with E-state index in [4.69, 9.17) is 4.42 Å². The number of nitrogens with zero attached hydrogens (tertiary/aromatic N) is 1. The second-order valence-corrected chi connectivity index (χ2v) is 6.36. The van der Waals surface area contributed by atoms with Gasteiger partial charge in [0.1, 0.15) is 12.0 Å². The summed E-state index contributed by atoms with van der Waals surface area (Å²) in [4.78, 5) is 37.9. The number of furan rings is 1. The summed E-state index contributed by atoms with van der Waals surface area (Å²) in [6, 6.07) is 0.